The van der Waals surface area contributed by atoms with E-state index in [1.807, 2.05) is 0 Å². The number of aromatic amines is 1. The van der Waals surface area contributed by atoms with Crippen LogP contribution in [0.1, 0.15) is 25.0 Å². The van der Waals surface area contributed by atoms with Crippen molar-refractivity contribution in [3.8, 4) is 0 Å². The van der Waals surface area contributed by atoms with Crippen LogP contribution in [0, 0.1) is 12.8 Å². The van der Waals surface area contributed by atoms with Crippen LogP contribution in [0.3, 0.4) is 0 Å². The van der Waals surface area contributed by atoms with Gasteiger partial charge in [-0.25, -0.2) is 4.98 Å². The molecular weight excluding hydrogens is 282 g/mol. The van der Waals surface area contributed by atoms with Gasteiger partial charge in [0.1, 0.15) is 0 Å². The summed E-state index contributed by atoms with van der Waals surface area (Å²) in [5, 5.41) is 4.07. The Bertz CT molecular complexity index is 652. The predicted molar refractivity (Wildman–Crippen MR) is 86.7 cm³/mol. The second kappa shape index (κ2) is 7.43. The van der Waals surface area contributed by atoms with Crippen LogP contribution >= 0.6 is 11.8 Å². The largest absolute Gasteiger partial charge is 0.312 e. The van der Waals surface area contributed by atoms with Crippen LogP contribution in [-0.4, -0.2) is 16.5 Å². The van der Waals surface area contributed by atoms with E-state index in [0.717, 1.165) is 18.0 Å². The Morgan fingerprint density at radius 1 is 1.33 bits per heavy atom. The van der Waals surface area contributed by atoms with Crippen molar-refractivity contribution in [3.05, 3.63) is 51.9 Å². The van der Waals surface area contributed by atoms with Crippen molar-refractivity contribution in [2.24, 2.45) is 5.92 Å². The molecule has 0 bridgehead atoms. The van der Waals surface area contributed by atoms with E-state index in [1.54, 1.807) is 0 Å². The minimum atomic E-state index is -0.126. The SMILES string of the molecule is Cc1cc(Sc2nccc(=O)[nH]2)ccc1CNCC(C)C. The van der Waals surface area contributed by atoms with Crippen molar-refractivity contribution < 1.29 is 0 Å². The predicted octanol–water partition coefficient (Wildman–Crippen LogP) is 2.98. The van der Waals surface area contributed by atoms with Crippen LogP contribution in [0.25, 0.3) is 0 Å². The summed E-state index contributed by atoms with van der Waals surface area (Å²) in [6.07, 6.45) is 1.53. The number of benzene rings is 1. The highest BCUT2D eigenvalue weighted by Gasteiger charge is 2.04. The van der Waals surface area contributed by atoms with Gasteiger partial charge in [-0.05, 0) is 42.6 Å². The Morgan fingerprint density at radius 3 is 2.81 bits per heavy atom. The van der Waals surface area contributed by atoms with E-state index in [0.29, 0.717) is 11.1 Å². The molecule has 0 saturated carbocycles. The minimum absolute atomic E-state index is 0.126. The Morgan fingerprint density at radius 2 is 2.14 bits per heavy atom. The van der Waals surface area contributed by atoms with Crippen molar-refractivity contribution in [1.29, 1.82) is 0 Å². The van der Waals surface area contributed by atoms with Crippen LogP contribution in [-0.2, 0) is 6.54 Å². The van der Waals surface area contributed by atoms with Crippen molar-refractivity contribution in [1.82, 2.24) is 15.3 Å². The van der Waals surface area contributed by atoms with E-state index in [1.165, 1.54) is 35.2 Å². The quantitative estimate of drug-likeness (QED) is 0.806. The van der Waals surface area contributed by atoms with E-state index in [2.05, 4.69) is 54.3 Å². The second-order valence-corrected chi connectivity index (χ2v) is 6.52. The van der Waals surface area contributed by atoms with Gasteiger partial charge in [-0.3, -0.25) is 4.79 Å². The maximum Gasteiger partial charge on any atom is 0.251 e. The van der Waals surface area contributed by atoms with Gasteiger partial charge >= 0.3 is 0 Å². The van der Waals surface area contributed by atoms with Crippen LogP contribution in [0.15, 0.2) is 45.3 Å². The van der Waals surface area contributed by atoms with Crippen molar-refractivity contribution in [2.75, 3.05) is 6.54 Å². The Labute approximate surface area is 129 Å². The molecule has 5 heteroatoms. The zero-order chi connectivity index (χ0) is 15.2. The molecule has 0 fully saturated rings. The molecule has 2 rings (SSSR count). The van der Waals surface area contributed by atoms with E-state index >= 15 is 0 Å². The number of nitrogens with one attached hydrogen (secondary N) is 2. The van der Waals surface area contributed by atoms with E-state index < -0.39 is 0 Å². The van der Waals surface area contributed by atoms with E-state index in [-0.39, 0.29) is 5.56 Å². The first kappa shape index (κ1) is 15.8. The number of rotatable bonds is 6. The standard InChI is InChI=1S/C16H21N3OS/c1-11(2)9-17-10-13-4-5-14(8-12(13)3)21-16-18-7-6-15(20)19-16/h4-8,11,17H,9-10H2,1-3H3,(H,18,19,20). The Balaban J connectivity index is 2.03. The smallest absolute Gasteiger partial charge is 0.251 e. The van der Waals surface area contributed by atoms with Gasteiger partial charge in [0.15, 0.2) is 5.16 Å². The van der Waals surface area contributed by atoms with Gasteiger partial charge < -0.3 is 10.3 Å². The summed E-state index contributed by atoms with van der Waals surface area (Å²) in [4.78, 5) is 19.2. The lowest BCUT2D eigenvalue weighted by Gasteiger charge is -2.11. The monoisotopic (exact) mass is 303 g/mol. The molecular formula is C16H21N3OS. The zero-order valence-electron chi connectivity index (χ0n) is 12.6. The lowest BCUT2D eigenvalue weighted by atomic mass is 10.1. The number of aryl methyl sites for hydroxylation is 1. The lowest BCUT2D eigenvalue weighted by molar-refractivity contribution is 0.551. The molecule has 1 heterocycles. The fourth-order valence-corrected chi connectivity index (χ4v) is 2.80. The fraction of sp³-hybridized carbons (Fsp3) is 0.375. The number of hydrogen-bond donors (Lipinski definition) is 2. The van der Waals surface area contributed by atoms with E-state index in [4.69, 9.17) is 0 Å². The molecule has 0 saturated heterocycles. The van der Waals surface area contributed by atoms with Crippen LogP contribution in [0.5, 0.6) is 0 Å². The lowest BCUT2D eigenvalue weighted by Crippen LogP contribution is -2.19. The molecule has 0 radical (unpaired) electrons. The van der Waals surface area contributed by atoms with Crippen LogP contribution < -0.4 is 10.9 Å². The molecule has 112 valence electrons. The second-order valence-electron chi connectivity index (χ2n) is 5.45. The Kier molecular flexibility index (Phi) is 5.59. The first-order valence-corrected chi connectivity index (χ1v) is 7.89. The normalized spacial score (nSPS) is 11.0. The van der Waals surface area contributed by atoms with Gasteiger partial charge in [0.25, 0.3) is 5.56 Å². The summed E-state index contributed by atoms with van der Waals surface area (Å²) >= 11 is 1.47. The molecule has 0 aliphatic rings. The first-order chi connectivity index (χ1) is 10.0. The molecule has 2 N–H and O–H groups in total. The maximum atomic E-state index is 11.3. The highest BCUT2D eigenvalue weighted by Crippen LogP contribution is 2.25. The molecule has 21 heavy (non-hydrogen) atoms. The molecule has 0 aliphatic heterocycles. The molecule has 4 nitrogen and oxygen atoms in total. The number of hydrogen-bond acceptors (Lipinski definition) is 4. The minimum Gasteiger partial charge on any atom is -0.312 e. The van der Waals surface area contributed by atoms with Gasteiger partial charge in [0.2, 0.25) is 0 Å². The molecule has 0 unspecified atom stereocenters. The number of aromatic nitrogens is 2. The third kappa shape index (κ3) is 5.02. The van der Waals surface area contributed by atoms with Gasteiger partial charge in [-0.15, -0.1) is 0 Å². The van der Waals surface area contributed by atoms with Crippen LogP contribution in [0.2, 0.25) is 0 Å². The van der Waals surface area contributed by atoms with Crippen LogP contribution in [0.4, 0.5) is 0 Å². The fourth-order valence-electron chi connectivity index (χ4n) is 1.94. The van der Waals surface area contributed by atoms with Gasteiger partial charge in [0, 0.05) is 23.7 Å². The summed E-state index contributed by atoms with van der Waals surface area (Å²) in [5.74, 6) is 0.654. The molecule has 2 aromatic rings. The molecule has 1 aromatic heterocycles. The molecule has 0 aliphatic carbocycles. The van der Waals surface area contributed by atoms with E-state index in [9.17, 15) is 4.79 Å². The number of nitrogens with zero attached hydrogens (tertiary/aromatic N) is 1. The van der Waals surface area contributed by atoms with Gasteiger partial charge in [-0.1, -0.05) is 31.7 Å². The summed E-state index contributed by atoms with van der Waals surface area (Å²) < 4.78 is 0. The highest BCUT2D eigenvalue weighted by atomic mass is 32.2. The van der Waals surface area contributed by atoms with Gasteiger partial charge in [-0.2, -0.15) is 0 Å². The van der Waals surface area contributed by atoms with Crippen molar-refractivity contribution in [2.45, 2.75) is 37.4 Å². The summed E-state index contributed by atoms with van der Waals surface area (Å²) in [6.45, 7) is 8.42. The molecule has 0 amide bonds. The summed E-state index contributed by atoms with van der Waals surface area (Å²) in [6, 6.07) is 7.74. The average molecular weight is 303 g/mol. The number of H-pyrrole nitrogens is 1. The molecule has 1 aromatic carbocycles. The maximum absolute atomic E-state index is 11.3. The van der Waals surface area contributed by atoms with Gasteiger partial charge in [0.05, 0.1) is 0 Å². The topological polar surface area (TPSA) is 57.8 Å². The average Bonchev–Trinajstić information content (AvgIpc) is 2.41. The zero-order valence-corrected chi connectivity index (χ0v) is 13.5. The Hall–Kier alpha value is -1.59. The third-order valence-electron chi connectivity index (χ3n) is 3.04. The summed E-state index contributed by atoms with van der Waals surface area (Å²) in [7, 11) is 0. The molecule has 0 atom stereocenters. The van der Waals surface area contributed by atoms with Crippen molar-refractivity contribution in [3.63, 3.8) is 0 Å². The molecule has 0 spiro atoms. The summed E-state index contributed by atoms with van der Waals surface area (Å²) in [5.41, 5.74) is 2.42. The highest BCUT2D eigenvalue weighted by molar-refractivity contribution is 7.99. The third-order valence-corrected chi connectivity index (χ3v) is 3.93. The first-order valence-electron chi connectivity index (χ1n) is 7.08. The van der Waals surface area contributed by atoms with Crippen molar-refractivity contribution >= 4 is 11.8 Å².